The minimum absolute atomic E-state index is 0.00237. The number of likely N-dealkylation sites (tertiary alicyclic amines) is 1. The van der Waals surface area contributed by atoms with Crippen molar-refractivity contribution in [3.63, 3.8) is 0 Å². The van der Waals surface area contributed by atoms with Gasteiger partial charge in [0.2, 0.25) is 0 Å². The van der Waals surface area contributed by atoms with Gasteiger partial charge in [0.05, 0.1) is 32.9 Å². The average molecular weight is 478 g/mol. The normalized spacial score (nSPS) is 25.0. The van der Waals surface area contributed by atoms with Crippen LogP contribution in [0.2, 0.25) is 0 Å². The smallest absolute Gasteiger partial charge is 0.253 e. The van der Waals surface area contributed by atoms with Gasteiger partial charge in [-0.1, -0.05) is 13.0 Å². The lowest BCUT2D eigenvalue weighted by Gasteiger charge is -2.39. The predicted molar refractivity (Wildman–Crippen MR) is 124 cm³/mol. The van der Waals surface area contributed by atoms with Gasteiger partial charge in [0, 0.05) is 36.0 Å². The van der Waals surface area contributed by atoms with Crippen LogP contribution in [-0.2, 0) is 4.79 Å². The van der Waals surface area contributed by atoms with Gasteiger partial charge in [0.15, 0.2) is 22.7 Å². The summed E-state index contributed by atoms with van der Waals surface area (Å²) in [5.74, 6) is 0.515. The zero-order valence-electron chi connectivity index (χ0n) is 19.0. The van der Waals surface area contributed by atoms with Crippen molar-refractivity contribution >= 4 is 22.4 Å². The maximum absolute atomic E-state index is 12.5. The third kappa shape index (κ3) is 4.52. The molecule has 2 fully saturated rings. The van der Waals surface area contributed by atoms with E-state index in [9.17, 15) is 20.1 Å². The van der Waals surface area contributed by atoms with Crippen molar-refractivity contribution in [1.29, 1.82) is 0 Å². The molecule has 1 aromatic heterocycles. The molecule has 2 saturated heterocycles. The van der Waals surface area contributed by atoms with Crippen LogP contribution < -0.4 is 14.4 Å². The molecule has 1 amide bonds. The maximum Gasteiger partial charge on any atom is 0.253 e. The van der Waals surface area contributed by atoms with E-state index in [0.29, 0.717) is 18.0 Å². The number of rotatable bonds is 8. The number of aliphatic hydroxyl groups is 3. The van der Waals surface area contributed by atoms with Crippen LogP contribution in [0.15, 0.2) is 29.8 Å². The van der Waals surface area contributed by atoms with Crippen LogP contribution >= 0.6 is 11.3 Å². The third-order valence-electron chi connectivity index (χ3n) is 6.88. The van der Waals surface area contributed by atoms with E-state index < -0.39 is 30.1 Å². The molecular weight excluding hydrogens is 446 g/mol. The van der Waals surface area contributed by atoms with Gasteiger partial charge in [-0.05, 0) is 24.6 Å². The van der Waals surface area contributed by atoms with Gasteiger partial charge in [-0.2, -0.15) is 0 Å². The molecule has 1 aromatic carbocycles. The number of carbonyl (C=O) groups is 1. The molecule has 2 unspecified atom stereocenters. The predicted octanol–water partition coefficient (Wildman–Crippen LogP) is 1.09. The van der Waals surface area contributed by atoms with Gasteiger partial charge in [0.25, 0.3) is 5.91 Å². The van der Waals surface area contributed by atoms with Crippen LogP contribution in [0.1, 0.15) is 25.3 Å². The van der Waals surface area contributed by atoms with Crippen LogP contribution in [0.25, 0.3) is 0 Å². The highest BCUT2D eigenvalue weighted by molar-refractivity contribution is 7.13. The monoisotopic (exact) mass is 477 g/mol. The fourth-order valence-electron chi connectivity index (χ4n) is 4.60. The Bertz CT molecular complexity index is 965. The minimum atomic E-state index is -1.46. The summed E-state index contributed by atoms with van der Waals surface area (Å²) in [6, 6.07) is 5.69. The zero-order valence-corrected chi connectivity index (χ0v) is 19.9. The first-order chi connectivity index (χ1) is 15.8. The summed E-state index contributed by atoms with van der Waals surface area (Å²) in [6.45, 7) is 5.08. The van der Waals surface area contributed by atoms with E-state index in [0.717, 1.165) is 23.8 Å². The topological polar surface area (TPSA) is 116 Å². The van der Waals surface area contributed by atoms with Crippen molar-refractivity contribution in [1.82, 2.24) is 9.88 Å². The summed E-state index contributed by atoms with van der Waals surface area (Å²) in [5.41, 5.74) is 0.286. The Hall–Kier alpha value is -2.40. The van der Waals surface area contributed by atoms with Crippen molar-refractivity contribution in [2.24, 2.45) is 5.41 Å². The lowest BCUT2D eigenvalue weighted by Crippen LogP contribution is -2.54. The number of anilines is 1. The van der Waals surface area contributed by atoms with E-state index in [1.54, 1.807) is 31.6 Å². The van der Waals surface area contributed by atoms with Crippen LogP contribution in [0.5, 0.6) is 11.5 Å². The van der Waals surface area contributed by atoms with E-state index in [4.69, 9.17) is 9.47 Å². The quantitative estimate of drug-likeness (QED) is 0.518. The third-order valence-corrected chi connectivity index (χ3v) is 7.71. The Morgan fingerprint density at radius 3 is 2.67 bits per heavy atom. The molecule has 4 atom stereocenters. The van der Waals surface area contributed by atoms with E-state index >= 15 is 0 Å². The molecule has 0 spiro atoms. The van der Waals surface area contributed by atoms with Crippen LogP contribution in [0.3, 0.4) is 0 Å². The molecule has 33 heavy (non-hydrogen) atoms. The van der Waals surface area contributed by atoms with Crippen LogP contribution in [0, 0.1) is 5.41 Å². The van der Waals surface area contributed by atoms with E-state index in [2.05, 4.69) is 9.88 Å². The molecule has 3 heterocycles. The summed E-state index contributed by atoms with van der Waals surface area (Å²) < 4.78 is 11.8. The first-order valence-electron chi connectivity index (χ1n) is 11.0. The number of benzene rings is 1. The van der Waals surface area contributed by atoms with Crippen molar-refractivity contribution in [3.05, 3.63) is 35.3 Å². The summed E-state index contributed by atoms with van der Waals surface area (Å²) in [4.78, 5) is 20.5. The molecule has 2 aliphatic rings. The summed E-state index contributed by atoms with van der Waals surface area (Å²) in [7, 11) is 1.59. The number of amides is 1. The SMILES string of the molecule is COc1ccc([C@@H]2CN(C(=O)C(O)CO)C[C@@]2(C)C(C)O)cc1OC1CN(c2nccs2)C1. The summed E-state index contributed by atoms with van der Waals surface area (Å²) >= 11 is 1.60. The van der Waals surface area contributed by atoms with Gasteiger partial charge in [-0.15, -0.1) is 11.3 Å². The first-order valence-corrected chi connectivity index (χ1v) is 11.9. The second-order valence-electron chi connectivity index (χ2n) is 9.02. The van der Waals surface area contributed by atoms with E-state index in [-0.39, 0.29) is 18.6 Å². The van der Waals surface area contributed by atoms with Gasteiger partial charge in [0.1, 0.15) is 6.10 Å². The Morgan fingerprint density at radius 2 is 2.06 bits per heavy atom. The molecule has 0 bridgehead atoms. The minimum Gasteiger partial charge on any atom is -0.493 e. The summed E-state index contributed by atoms with van der Waals surface area (Å²) in [6.07, 6.45) is -0.370. The number of nitrogens with zero attached hydrogens (tertiary/aromatic N) is 3. The highest BCUT2D eigenvalue weighted by Gasteiger charge is 2.49. The van der Waals surface area contributed by atoms with Crippen molar-refractivity contribution < 1.29 is 29.6 Å². The fraction of sp³-hybridized carbons (Fsp3) is 0.565. The van der Waals surface area contributed by atoms with Crippen molar-refractivity contribution in [2.75, 3.05) is 44.8 Å². The second-order valence-corrected chi connectivity index (χ2v) is 9.89. The van der Waals surface area contributed by atoms with E-state index in [1.807, 2.05) is 30.5 Å². The lowest BCUT2D eigenvalue weighted by atomic mass is 9.72. The number of methoxy groups -OCH3 is 1. The molecule has 10 heteroatoms. The van der Waals surface area contributed by atoms with Crippen molar-refractivity contribution in [2.45, 2.75) is 38.1 Å². The number of ether oxygens (including phenoxy) is 2. The number of aromatic nitrogens is 1. The zero-order chi connectivity index (χ0) is 23.8. The highest BCUT2D eigenvalue weighted by atomic mass is 32.1. The average Bonchev–Trinajstić information content (AvgIpc) is 3.43. The highest BCUT2D eigenvalue weighted by Crippen LogP contribution is 2.47. The second kappa shape index (κ2) is 9.46. The molecule has 2 aromatic rings. The van der Waals surface area contributed by atoms with Gasteiger partial charge in [-0.3, -0.25) is 4.79 Å². The molecule has 3 N–H and O–H groups in total. The number of thiazole rings is 1. The number of hydrogen-bond acceptors (Lipinski definition) is 9. The Balaban J connectivity index is 1.54. The molecule has 180 valence electrons. The van der Waals surface area contributed by atoms with E-state index in [1.165, 1.54) is 4.90 Å². The number of aliphatic hydroxyl groups excluding tert-OH is 3. The molecule has 9 nitrogen and oxygen atoms in total. The van der Waals surface area contributed by atoms with Gasteiger partial charge in [-0.25, -0.2) is 4.98 Å². The standard InChI is InChI=1S/C23H31N3O6S/c1-14(28)23(2)13-26(21(30)18(29)12-27)11-17(23)15-4-5-19(31-3)20(8-15)32-16-9-25(10-16)22-24-6-7-33-22/h4-8,14,16-18,27-29H,9-13H2,1-3H3/t14?,17-,18?,23-/m0/s1. The Labute approximate surface area is 197 Å². The Kier molecular flexibility index (Phi) is 6.81. The molecular formula is C23H31N3O6S. The molecule has 0 radical (unpaired) electrons. The summed E-state index contributed by atoms with van der Waals surface area (Å²) in [5, 5.41) is 32.6. The molecule has 4 rings (SSSR count). The first kappa shape index (κ1) is 23.7. The van der Waals surface area contributed by atoms with Crippen molar-refractivity contribution in [3.8, 4) is 11.5 Å². The number of carbonyl (C=O) groups excluding carboxylic acids is 1. The largest absolute Gasteiger partial charge is 0.493 e. The Morgan fingerprint density at radius 1 is 1.30 bits per heavy atom. The lowest BCUT2D eigenvalue weighted by molar-refractivity contribution is -0.141. The van der Waals surface area contributed by atoms with Gasteiger partial charge < -0.3 is 34.6 Å². The molecule has 0 aliphatic carbocycles. The molecule has 2 aliphatic heterocycles. The fourth-order valence-corrected chi connectivity index (χ4v) is 5.27. The van der Waals surface area contributed by atoms with Crippen LogP contribution in [-0.4, -0.2) is 89.3 Å². The molecule has 0 saturated carbocycles. The van der Waals surface area contributed by atoms with Gasteiger partial charge >= 0.3 is 0 Å². The van der Waals surface area contributed by atoms with Crippen LogP contribution in [0.4, 0.5) is 5.13 Å². The maximum atomic E-state index is 12.5. The number of hydrogen-bond donors (Lipinski definition) is 3.